The van der Waals surface area contributed by atoms with Gasteiger partial charge in [-0.05, 0) is 55.3 Å². The lowest BCUT2D eigenvalue weighted by Crippen LogP contribution is -2.29. The van der Waals surface area contributed by atoms with E-state index in [0.717, 1.165) is 22.2 Å². The zero-order valence-electron chi connectivity index (χ0n) is 18.7. The van der Waals surface area contributed by atoms with Crippen molar-refractivity contribution < 1.29 is 4.79 Å². The van der Waals surface area contributed by atoms with Gasteiger partial charge < -0.3 is 10.6 Å². The molecule has 9 heteroatoms. The van der Waals surface area contributed by atoms with Crippen molar-refractivity contribution in [2.24, 2.45) is 0 Å². The summed E-state index contributed by atoms with van der Waals surface area (Å²) in [6.07, 6.45) is 0. The molecule has 0 fully saturated rings. The van der Waals surface area contributed by atoms with Crippen molar-refractivity contribution in [2.75, 3.05) is 5.32 Å². The first-order valence-corrected chi connectivity index (χ1v) is 12.3. The number of amides is 2. The second kappa shape index (κ2) is 11.0. The maximum absolute atomic E-state index is 12.5. The molecule has 0 unspecified atom stereocenters. The van der Waals surface area contributed by atoms with E-state index in [-0.39, 0.29) is 6.54 Å². The lowest BCUT2D eigenvalue weighted by Gasteiger charge is -2.12. The summed E-state index contributed by atoms with van der Waals surface area (Å²) in [5.74, 6) is 1.38. The average molecular weight is 512 g/mol. The number of hydrogen-bond donors (Lipinski definition) is 2. The Kier molecular flexibility index (Phi) is 7.77. The SMILES string of the molecule is Cc1ccc(-n2c(CNC(=O)Nc3ccc(Cl)cc3Cl)nnc2SCc2ccccc2C)cc1. The number of aryl methyl sites for hydroxylation is 2. The van der Waals surface area contributed by atoms with Crippen molar-refractivity contribution in [1.82, 2.24) is 20.1 Å². The molecule has 0 spiro atoms. The highest BCUT2D eigenvalue weighted by molar-refractivity contribution is 7.98. The smallest absolute Gasteiger partial charge is 0.319 e. The third-order valence-electron chi connectivity index (χ3n) is 5.20. The fraction of sp³-hybridized carbons (Fsp3) is 0.160. The van der Waals surface area contributed by atoms with Crippen LogP contribution in [0.3, 0.4) is 0 Å². The van der Waals surface area contributed by atoms with Crippen molar-refractivity contribution >= 4 is 46.7 Å². The molecule has 4 aromatic rings. The van der Waals surface area contributed by atoms with Crippen molar-refractivity contribution in [3.63, 3.8) is 0 Å². The number of halogens is 2. The van der Waals surface area contributed by atoms with Crippen LogP contribution in [0.2, 0.25) is 10.0 Å². The van der Waals surface area contributed by atoms with Gasteiger partial charge in [-0.15, -0.1) is 10.2 Å². The first kappa shape index (κ1) is 24.1. The van der Waals surface area contributed by atoms with Crippen LogP contribution >= 0.6 is 35.0 Å². The summed E-state index contributed by atoms with van der Waals surface area (Å²) in [6.45, 7) is 4.32. The third kappa shape index (κ3) is 5.91. The van der Waals surface area contributed by atoms with Crippen LogP contribution in [0, 0.1) is 13.8 Å². The van der Waals surface area contributed by atoms with Crippen molar-refractivity contribution in [3.8, 4) is 5.69 Å². The zero-order chi connectivity index (χ0) is 24.1. The van der Waals surface area contributed by atoms with Gasteiger partial charge >= 0.3 is 6.03 Å². The molecule has 6 nitrogen and oxygen atoms in total. The quantitative estimate of drug-likeness (QED) is 0.267. The monoisotopic (exact) mass is 511 g/mol. The second-order valence-electron chi connectivity index (χ2n) is 7.72. The Morgan fingerprint density at radius 3 is 2.50 bits per heavy atom. The number of carbonyl (C=O) groups is 1. The van der Waals surface area contributed by atoms with E-state index in [1.165, 1.54) is 11.1 Å². The van der Waals surface area contributed by atoms with Gasteiger partial charge in [-0.2, -0.15) is 0 Å². The molecule has 0 bridgehead atoms. The van der Waals surface area contributed by atoms with Crippen molar-refractivity contribution in [3.05, 3.63) is 99.3 Å². The number of anilines is 1. The summed E-state index contributed by atoms with van der Waals surface area (Å²) in [5.41, 5.74) is 5.03. The molecule has 0 radical (unpaired) electrons. The van der Waals surface area contributed by atoms with E-state index in [1.807, 2.05) is 47.9 Å². The average Bonchev–Trinajstić information content (AvgIpc) is 3.22. The molecule has 4 rings (SSSR count). The van der Waals surface area contributed by atoms with E-state index in [2.05, 4.69) is 39.9 Å². The molecule has 2 amide bonds. The number of rotatable bonds is 7. The summed E-state index contributed by atoms with van der Waals surface area (Å²) in [4.78, 5) is 12.5. The molecular weight excluding hydrogens is 489 g/mol. The largest absolute Gasteiger partial charge is 0.331 e. The minimum Gasteiger partial charge on any atom is -0.331 e. The fourth-order valence-electron chi connectivity index (χ4n) is 3.29. The molecule has 0 aliphatic carbocycles. The molecule has 0 aliphatic rings. The molecule has 2 N–H and O–H groups in total. The summed E-state index contributed by atoms with van der Waals surface area (Å²) in [6, 6.07) is 20.9. The predicted molar refractivity (Wildman–Crippen MR) is 139 cm³/mol. The van der Waals surface area contributed by atoms with Gasteiger partial charge in [0.25, 0.3) is 0 Å². The Balaban J connectivity index is 1.52. The lowest BCUT2D eigenvalue weighted by atomic mass is 10.1. The highest BCUT2D eigenvalue weighted by Crippen LogP contribution is 2.27. The van der Waals surface area contributed by atoms with Crippen LogP contribution in [0.1, 0.15) is 22.5 Å². The maximum atomic E-state index is 12.5. The van der Waals surface area contributed by atoms with Gasteiger partial charge in [-0.3, -0.25) is 4.57 Å². The van der Waals surface area contributed by atoms with Gasteiger partial charge in [0.15, 0.2) is 11.0 Å². The molecule has 1 heterocycles. The van der Waals surface area contributed by atoms with Gasteiger partial charge in [0.1, 0.15) is 0 Å². The van der Waals surface area contributed by atoms with E-state index in [0.29, 0.717) is 21.6 Å². The summed E-state index contributed by atoms with van der Waals surface area (Å²) < 4.78 is 1.97. The molecule has 0 aliphatic heterocycles. The van der Waals surface area contributed by atoms with E-state index in [9.17, 15) is 4.79 Å². The highest BCUT2D eigenvalue weighted by Gasteiger charge is 2.16. The van der Waals surface area contributed by atoms with E-state index >= 15 is 0 Å². The van der Waals surface area contributed by atoms with Gasteiger partial charge in [0.2, 0.25) is 0 Å². The number of aromatic nitrogens is 3. The topological polar surface area (TPSA) is 71.8 Å². The Hall–Kier alpha value is -3.00. The molecular formula is C25H23Cl2N5OS. The summed E-state index contributed by atoms with van der Waals surface area (Å²) >= 11 is 13.7. The van der Waals surface area contributed by atoms with Crippen molar-refractivity contribution in [2.45, 2.75) is 31.3 Å². The normalized spacial score (nSPS) is 10.8. The molecule has 0 saturated heterocycles. The van der Waals surface area contributed by atoms with Gasteiger partial charge in [-0.1, -0.05) is 76.9 Å². The minimum atomic E-state index is -0.406. The van der Waals surface area contributed by atoms with Crippen molar-refractivity contribution in [1.29, 1.82) is 0 Å². The van der Waals surface area contributed by atoms with Crippen LogP contribution in [-0.4, -0.2) is 20.8 Å². The number of nitrogens with zero attached hydrogens (tertiary/aromatic N) is 3. The maximum Gasteiger partial charge on any atom is 0.319 e. The Bertz CT molecular complexity index is 1310. The number of urea groups is 1. The van der Waals surface area contributed by atoms with Gasteiger partial charge in [0.05, 0.1) is 17.3 Å². The third-order valence-corrected chi connectivity index (χ3v) is 6.72. The molecule has 0 atom stereocenters. The van der Waals surface area contributed by atoms with Crippen LogP contribution in [0.15, 0.2) is 71.9 Å². The van der Waals surface area contributed by atoms with Crippen LogP contribution in [0.5, 0.6) is 0 Å². The van der Waals surface area contributed by atoms with Crippen LogP contribution in [-0.2, 0) is 12.3 Å². The van der Waals surface area contributed by atoms with Crippen LogP contribution in [0.4, 0.5) is 10.5 Å². The summed E-state index contributed by atoms with van der Waals surface area (Å²) in [5, 5.41) is 16.0. The first-order valence-electron chi connectivity index (χ1n) is 10.6. The second-order valence-corrected chi connectivity index (χ2v) is 9.50. The van der Waals surface area contributed by atoms with E-state index in [4.69, 9.17) is 23.2 Å². The van der Waals surface area contributed by atoms with Gasteiger partial charge in [-0.25, -0.2) is 4.79 Å². The first-order chi connectivity index (χ1) is 16.4. The molecule has 174 valence electrons. The van der Waals surface area contributed by atoms with Crippen LogP contribution in [0.25, 0.3) is 5.69 Å². The Morgan fingerprint density at radius 1 is 1.00 bits per heavy atom. The van der Waals surface area contributed by atoms with Gasteiger partial charge in [0, 0.05) is 16.5 Å². The highest BCUT2D eigenvalue weighted by atomic mass is 35.5. The Labute approximate surface area is 212 Å². The molecule has 34 heavy (non-hydrogen) atoms. The number of nitrogens with one attached hydrogen (secondary N) is 2. The fourth-order valence-corrected chi connectivity index (χ4v) is 4.80. The van der Waals surface area contributed by atoms with E-state index < -0.39 is 6.03 Å². The minimum absolute atomic E-state index is 0.183. The number of carbonyl (C=O) groups excluding carboxylic acids is 1. The number of thioether (sulfide) groups is 1. The molecule has 3 aromatic carbocycles. The lowest BCUT2D eigenvalue weighted by molar-refractivity contribution is 0.251. The molecule has 0 saturated carbocycles. The number of hydrogen-bond acceptors (Lipinski definition) is 4. The Morgan fingerprint density at radius 2 is 1.76 bits per heavy atom. The number of benzene rings is 3. The standard InChI is InChI=1S/C25H23Cl2N5OS/c1-16-7-10-20(11-8-16)32-23(14-28-24(33)29-22-12-9-19(26)13-21(22)27)30-31-25(32)34-15-18-6-4-3-5-17(18)2/h3-13H,14-15H2,1-2H3,(H2,28,29,33). The zero-order valence-corrected chi connectivity index (χ0v) is 21.0. The molecule has 1 aromatic heterocycles. The summed E-state index contributed by atoms with van der Waals surface area (Å²) in [7, 11) is 0. The van der Waals surface area contributed by atoms with E-state index in [1.54, 1.807) is 30.0 Å². The predicted octanol–water partition coefficient (Wildman–Crippen LogP) is 6.80. The van der Waals surface area contributed by atoms with Crippen LogP contribution < -0.4 is 10.6 Å².